The molecule has 1 saturated heterocycles. The van der Waals surface area contributed by atoms with Crippen LogP contribution in [0.25, 0.3) is 11.3 Å². The van der Waals surface area contributed by atoms with Crippen LogP contribution in [-0.4, -0.2) is 45.5 Å². The van der Waals surface area contributed by atoms with E-state index in [2.05, 4.69) is 9.71 Å². The highest BCUT2D eigenvalue weighted by molar-refractivity contribution is 7.88. The Labute approximate surface area is 167 Å². The molecule has 1 fully saturated rings. The fourth-order valence-corrected chi connectivity index (χ4v) is 3.91. The summed E-state index contributed by atoms with van der Waals surface area (Å²) in [6.07, 6.45) is -1.93. The van der Waals surface area contributed by atoms with Crippen LogP contribution in [0.4, 0.5) is 13.2 Å². The van der Waals surface area contributed by atoms with Gasteiger partial charge in [-0.05, 0) is 42.8 Å². The number of pyridine rings is 1. The summed E-state index contributed by atoms with van der Waals surface area (Å²) >= 11 is 0. The molecule has 1 aliphatic rings. The van der Waals surface area contributed by atoms with Crippen LogP contribution in [-0.2, 0) is 20.9 Å². The predicted molar refractivity (Wildman–Crippen MR) is 101 cm³/mol. The number of rotatable bonds is 6. The highest BCUT2D eigenvalue weighted by Crippen LogP contribution is 2.30. The smallest absolute Gasteiger partial charge is 0.417 e. The zero-order valence-corrected chi connectivity index (χ0v) is 16.5. The third-order valence-corrected chi connectivity index (χ3v) is 5.28. The normalized spacial score (nSPS) is 20.4. The third kappa shape index (κ3) is 6.15. The number of hydrogen-bond acceptors (Lipinski definition) is 5. The van der Waals surface area contributed by atoms with Crippen molar-refractivity contribution in [2.45, 2.75) is 18.6 Å². The van der Waals surface area contributed by atoms with Crippen molar-refractivity contribution < 1.29 is 31.1 Å². The number of halogens is 3. The Balaban J connectivity index is 1.61. The fraction of sp³-hybridized carbons (Fsp3) is 0.421. The molecule has 1 N–H and O–H groups in total. The van der Waals surface area contributed by atoms with E-state index in [1.165, 1.54) is 6.07 Å². The van der Waals surface area contributed by atoms with Crippen molar-refractivity contribution in [2.75, 3.05) is 26.1 Å². The van der Waals surface area contributed by atoms with Crippen LogP contribution in [0.1, 0.15) is 12.0 Å². The molecule has 1 aromatic heterocycles. The molecule has 0 saturated carbocycles. The molecule has 0 amide bonds. The van der Waals surface area contributed by atoms with Gasteiger partial charge >= 0.3 is 6.18 Å². The first kappa shape index (κ1) is 21.5. The number of hydrogen-bond donors (Lipinski definition) is 1. The lowest BCUT2D eigenvalue weighted by Gasteiger charge is -2.31. The molecule has 0 bridgehead atoms. The molecule has 2 atom stereocenters. The van der Waals surface area contributed by atoms with Gasteiger partial charge in [-0.25, -0.2) is 13.1 Å². The van der Waals surface area contributed by atoms with E-state index < -0.39 is 21.8 Å². The first-order valence-electron chi connectivity index (χ1n) is 8.93. The number of ether oxygens (including phenoxy) is 2. The van der Waals surface area contributed by atoms with Crippen molar-refractivity contribution >= 4 is 10.0 Å². The lowest BCUT2D eigenvalue weighted by Crippen LogP contribution is -2.47. The van der Waals surface area contributed by atoms with Crippen molar-refractivity contribution in [1.82, 2.24) is 9.71 Å². The molecule has 10 heteroatoms. The minimum Gasteiger partial charge on any atom is -0.493 e. The molecule has 2 aromatic rings. The van der Waals surface area contributed by atoms with Crippen LogP contribution >= 0.6 is 0 Å². The maximum Gasteiger partial charge on any atom is 0.417 e. The third-order valence-electron chi connectivity index (χ3n) is 4.54. The number of alkyl halides is 3. The van der Waals surface area contributed by atoms with Crippen molar-refractivity contribution in [3.63, 3.8) is 0 Å². The predicted octanol–water partition coefficient (Wildman–Crippen LogP) is 3.10. The summed E-state index contributed by atoms with van der Waals surface area (Å²) in [6.45, 7) is 1.14. The van der Waals surface area contributed by atoms with Crippen molar-refractivity contribution in [3.8, 4) is 17.0 Å². The Morgan fingerprint density at radius 2 is 1.93 bits per heavy atom. The van der Waals surface area contributed by atoms with Gasteiger partial charge in [-0.1, -0.05) is 0 Å². The van der Waals surface area contributed by atoms with Gasteiger partial charge in [-0.2, -0.15) is 13.2 Å². The first-order valence-corrected chi connectivity index (χ1v) is 10.8. The molecule has 0 radical (unpaired) electrons. The molecule has 3 rings (SSSR count). The van der Waals surface area contributed by atoms with E-state index in [0.717, 1.165) is 18.5 Å². The van der Waals surface area contributed by atoms with E-state index in [-0.39, 0.29) is 18.6 Å². The Hall–Kier alpha value is -2.17. The number of nitrogens with zero attached hydrogens (tertiary/aromatic N) is 1. The molecule has 1 aliphatic heterocycles. The maximum atomic E-state index is 12.6. The van der Waals surface area contributed by atoms with Crippen LogP contribution in [0.3, 0.4) is 0 Å². The molecule has 0 spiro atoms. The topological polar surface area (TPSA) is 77.5 Å². The van der Waals surface area contributed by atoms with Crippen molar-refractivity contribution in [3.05, 3.63) is 48.2 Å². The van der Waals surface area contributed by atoms with E-state index in [1.54, 1.807) is 24.3 Å². The van der Waals surface area contributed by atoms with Crippen LogP contribution < -0.4 is 9.46 Å². The minimum absolute atomic E-state index is 0.130. The van der Waals surface area contributed by atoms with Gasteiger partial charge in [0.1, 0.15) is 5.75 Å². The van der Waals surface area contributed by atoms with Gasteiger partial charge in [0, 0.05) is 30.3 Å². The Bertz CT molecular complexity index is 916. The summed E-state index contributed by atoms with van der Waals surface area (Å²) in [5.74, 6) is 0.430. The summed E-state index contributed by atoms with van der Waals surface area (Å²) in [6, 6.07) is 8.84. The summed E-state index contributed by atoms with van der Waals surface area (Å²) in [5.41, 5.74) is 0.277. The second-order valence-corrected chi connectivity index (χ2v) is 8.67. The SMILES string of the molecule is CS(=O)(=O)N[C@H]1CCOC[C@@H]1COc1ccc(-c2ccc(C(F)(F)F)cn2)cc1. The number of nitrogens with one attached hydrogen (secondary N) is 1. The van der Waals surface area contributed by atoms with Gasteiger partial charge in [0.05, 0.1) is 30.7 Å². The van der Waals surface area contributed by atoms with E-state index in [1.807, 2.05) is 0 Å². The quantitative estimate of drug-likeness (QED) is 0.762. The zero-order valence-electron chi connectivity index (χ0n) is 15.6. The Morgan fingerprint density at radius 3 is 2.52 bits per heavy atom. The van der Waals surface area contributed by atoms with Gasteiger partial charge in [0.15, 0.2) is 0 Å². The summed E-state index contributed by atoms with van der Waals surface area (Å²) in [7, 11) is -3.33. The zero-order chi connectivity index (χ0) is 21.1. The highest BCUT2D eigenvalue weighted by Gasteiger charge is 2.31. The summed E-state index contributed by atoms with van der Waals surface area (Å²) < 4.78 is 74.7. The molecule has 0 unspecified atom stereocenters. The summed E-state index contributed by atoms with van der Waals surface area (Å²) in [5, 5.41) is 0. The Kier molecular flexibility index (Phi) is 6.45. The van der Waals surface area contributed by atoms with Gasteiger partial charge in [-0.3, -0.25) is 4.98 Å². The van der Waals surface area contributed by atoms with Gasteiger partial charge in [-0.15, -0.1) is 0 Å². The molecule has 0 aliphatic carbocycles. The Morgan fingerprint density at radius 1 is 1.21 bits per heavy atom. The molecule has 158 valence electrons. The second kappa shape index (κ2) is 8.68. The minimum atomic E-state index is -4.42. The molecular weight excluding hydrogens is 409 g/mol. The molecular formula is C19H21F3N2O4S. The van der Waals surface area contributed by atoms with E-state index in [9.17, 15) is 21.6 Å². The van der Waals surface area contributed by atoms with Crippen LogP contribution in [0.15, 0.2) is 42.6 Å². The molecule has 2 heterocycles. The monoisotopic (exact) mass is 430 g/mol. The number of aromatic nitrogens is 1. The van der Waals surface area contributed by atoms with Crippen LogP contribution in [0.2, 0.25) is 0 Å². The van der Waals surface area contributed by atoms with Crippen LogP contribution in [0.5, 0.6) is 5.75 Å². The largest absolute Gasteiger partial charge is 0.493 e. The van der Waals surface area contributed by atoms with Crippen LogP contribution in [0, 0.1) is 5.92 Å². The average molecular weight is 430 g/mol. The maximum absolute atomic E-state index is 12.6. The second-order valence-electron chi connectivity index (χ2n) is 6.89. The van der Waals surface area contributed by atoms with Gasteiger partial charge in [0.25, 0.3) is 0 Å². The molecule has 6 nitrogen and oxygen atoms in total. The number of benzene rings is 1. The van der Waals surface area contributed by atoms with E-state index in [4.69, 9.17) is 9.47 Å². The van der Waals surface area contributed by atoms with Crippen molar-refractivity contribution in [2.24, 2.45) is 5.92 Å². The van der Waals surface area contributed by atoms with Gasteiger partial charge < -0.3 is 9.47 Å². The lowest BCUT2D eigenvalue weighted by molar-refractivity contribution is -0.137. The summed E-state index contributed by atoms with van der Waals surface area (Å²) in [4.78, 5) is 3.87. The van der Waals surface area contributed by atoms with Gasteiger partial charge in [0.2, 0.25) is 10.0 Å². The first-order chi connectivity index (χ1) is 13.6. The molecule has 1 aromatic carbocycles. The molecule has 29 heavy (non-hydrogen) atoms. The number of sulfonamides is 1. The van der Waals surface area contributed by atoms with Crippen molar-refractivity contribution in [1.29, 1.82) is 0 Å². The fourth-order valence-electron chi connectivity index (χ4n) is 3.05. The lowest BCUT2D eigenvalue weighted by atomic mass is 9.98. The highest BCUT2D eigenvalue weighted by atomic mass is 32.2. The standard InChI is InChI=1S/C19H21F3N2O4S/c1-29(25,26)24-18-8-9-27-11-14(18)12-28-16-5-2-13(3-6-16)17-7-4-15(10-23-17)19(20,21)22/h2-7,10,14,18,24H,8-9,11-12H2,1H3/t14-,18+/m1/s1. The van der Waals surface area contributed by atoms with E-state index >= 15 is 0 Å². The van der Waals surface area contributed by atoms with E-state index in [0.29, 0.717) is 36.6 Å². The average Bonchev–Trinajstić information content (AvgIpc) is 2.66.